The number of hydrogen-bond donors (Lipinski definition) is 1. The van der Waals surface area contributed by atoms with Crippen LogP contribution < -0.4 is 10.1 Å². The van der Waals surface area contributed by atoms with E-state index in [0.717, 1.165) is 29.2 Å². The quantitative estimate of drug-likeness (QED) is 0.854. The summed E-state index contributed by atoms with van der Waals surface area (Å²) in [7, 11) is 1.63. The summed E-state index contributed by atoms with van der Waals surface area (Å²) >= 11 is 1.44. The fraction of sp³-hybridized carbons (Fsp3) is 0.400. The van der Waals surface area contributed by atoms with E-state index < -0.39 is 0 Å². The number of benzene rings is 1. The van der Waals surface area contributed by atoms with Crippen LogP contribution in [-0.2, 0) is 17.6 Å². The van der Waals surface area contributed by atoms with Crippen molar-refractivity contribution in [1.29, 1.82) is 0 Å². The number of hydrogen-bond acceptors (Lipinski definition) is 5. The Labute approximate surface area is 128 Å². The van der Waals surface area contributed by atoms with Gasteiger partial charge >= 0.3 is 0 Å². The molecular formula is C15H19N3O2S. The van der Waals surface area contributed by atoms with Crippen molar-refractivity contribution in [2.75, 3.05) is 12.4 Å². The van der Waals surface area contributed by atoms with Gasteiger partial charge in [0.15, 0.2) is 0 Å². The van der Waals surface area contributed by atoms with Crippen LogP contribution in [0.3, 0.4) is 0 Å². The molecule has 5 nitrogen and oxygen atoms in total. The molecular weight excluding hydrogens is 286 g/mol. The number of carbonyl (C=O) groups is 1. The molecule has 0 aliphatic heterocycles. The van der Waals surface area contributed by atoms with Crippen LogP contribution in [0, 0.1) is 0 Å². The van der Waals surface area contributed by atoms with Crippen LogP contribution in [-0.4, -0.2) is 23.2 Å². The van der Waals surface area contributed by atoms with Gasteiger partial charge in [-0.1, -0.05) is 30.4 Å². The molecule has 2 rings (SSSR count). The lowest BCUT2D eigenvalue weighted by Crippen LogP contribution is -2.12. The topological polar surface area (TPSA) is 64.1 Å². The monoisotopic (exact) mass is 305 g/mol. The molecule has 0 aliphatic rings. The SMILES string of the molecule is CCCc1nnc(NC(=O)CCc2cccc(OC)c2)s1. The van der Waals surface area contributed by atoms with Crippen molar-refractivity contribution in [2.45, 2.75) is 32.6 Å². The summed E-state index contributed by atoms with van der Waals surface area (Å²) < 4.78 is 5.17. The number of nitrogens with one attached hydrogen (secondary N) is 1. The number of rotatable bonds is 7. The molecule has 0 spiro atoms. The third-order valence-electron chi connectivity index (χ3n) is 2.95. The summed E-state index contributed by atoms with van der Waals surface area (Å²) in [5, 5.41) is 12.3. The zero-order valence-corrected chi connectivity index (χ0v) is 13.1. The van der Waals surface area contributed by atoms with Gasteiger partial charge < -0.3 is 10.1 Å². The zero-order valence-electron chi connectivity index (χ0n) is 12.3. The van der Waals surface area contributed by atoms with Crippen molar-refractivity contribution in [3.8, 4) is 5.75 Å². The van der Waals surface area contributed by atoms with Gasteiger partial charge in [0.1, 0.15) is 10.8 Å². The molecule has 0 aliphatic carbocycles. The van der Waals surface area contributed by atoms with E-state index in [2.05, 4.69) is 22.4 Å². The summed E-state index contributed by atoms with van der Waals surface area (Å²) in [4.78, 5) is 11.9. The zero-order chi connectivity index (χ0) is 15.1. The number of nitrogens with zero attached hydrogens (tertiary/aromatic N) is 2. The van der Waals surface area contributed by atoms with Gasteiger partial charge in [0.05, 0.1) is 7.11 Å². The molecule has 0 radical (unpaired) electrons. The first-order chi connectivity index (χ1) is 10.2. The van der Waals surface area contributed by atoms with Crippen molar-refractivity contribution < 1.29 is 9.53 Å². The molecule has 2 aromatic rings. The Morgan fingerprint density at radius 2 is 2.19 bits per heavy atom. The highest BCUT2D eigenvalue weighted by Gasteiger charge is 2.08. The Morgan fingerprint density at radius 1 is 1.33 bits per heavy atom. The molecule has 1 N–H and O–H groups in total. The van der Waals surface area contributed by atoms with Crippen LogP contribution in [0.5, 0.6) is 5.75 Å². The number of anilines is 1. The Bertz CT molecular complexity index is 598. The smallest absolute Gasteiger partial charge is 0.226 e. The summed E-state index contributed by atoms with van der Waals surface area (Å²) in [6, 6.07) is 7.74. The number of aryl methyl sites for hydroxylation is 2. The van der Waals surface area contributed by atoms with Crippen LogP contribution in [0.25, 0.3) is 0 Å². The van der Waals surface area contributed by atoms with E-state index in [1.165, 1.54) is 11.3 Å². The first kappa shape index (κ1) is 15.4. The Kier molecular flexibility index (Phi) is 5.68. The second-order valence-electron chi connectivity index (χ2n) is 4.65. The molecule has 0 saturated carbocycles. The van der Waals surface area contributed by atoms with Gasteiger partial charge in [0.2, 0.25) is 11.0 Å². The van der Waals surface area contributed by atoms with Crippen LogP contribution in [0.15, 0.2) is 24.3 Å². The molecule has 21 heavy (non-hydrogen) atoms. The number of aromatic nitrogens is 2. The highest BCUT2D eigenvalue weighted by Crippen LogP contribution is 2.17. The molecule has 6 heteroatoms. The summed E-state index contributed by atoms with van der Waals surface area (Å²) in [5.74, 6) is 0.762. The van der Waals surface area contributed by atoms with E-state index in [9.17, 15) is 4.79 Å². The molecule has 112 valence electrons. The van der Waals surface area contributed by atoms with E-state index >= 15 is 0 Å². The van der Waals surface area contributed by atoms with E-state index in [0.29, 0.717) is 18.0 Å². The van der Waals surface area contributed by atoms with Gasteiger partial charge in [-0.3, -0.25) is 4.79 Å². The molecule has 1 heterocycles. The predicted octanol–water partition coefficient (Wildman–Crippen LogP) is 3.07. The molecule has 1 amide bonds. The Balaban J connectivity index is 1.83. The minimum atomic E-state index is -0.0444. The standard InChI is InChI=1S/C15H19N3O2S/c1-3-5-14-17-18-15(21-14)16-13(19)9-8-11-6-4-7-12(10-11)20-2/h4,6-7,10H,3,5,8-9H2,1-2H3,(H,16,18,19). The van der Waals surface area contributed by atoms with Crippen molar-refractivity contribution in [1.82, 2.24) is 10.2 Å². The number of amides is 1. The minimum absolute atomic E-state index is 0.0444. The molecule has 1 aromatic carbocycles. The average Bonchev–Trinajstić information content (AvgIpc) is 2.93. The van der Waals surface area contributed by atoms with Crippen LogP contribution in [0.1, 0.15) is 30.3 Å². The average molecular weight is 305 g/mol. The summed E-state index contributed by atoms with van der Waals surface area (Å²) in [6.45, 7) is 2.09. The summed E-state index contributed by atoms with van der Waals surface area (Å²) in [5.41, 5.74) is 1.08. The second-order valence-corrected chi connectivity index (χ2v) is 5.71. The third-order valence-corrected chi connectivity index (χ3v) is 3.85. The first-order valence-electron chi connectivity index (χ1n) is 6.96. The molecule has 1 aromatic heterocycles. The van der Waals surface area contributed by atoms with Crippen LogP contribution in [0.2, 0.25) is 0 Å². The lowest BCUT2D eigenvalue weighted by atomic mass is 10.1. The molecule has 0 saturated heterocycles. The predicted molar refractivity (Wildman–Crippen MR) is 83.8 cm³/mol. The second kappa shape index (κ2) is 7.73. The van der Waals surface area contributed by atoms with Crippen molar-refractivity contribution in [2.24, 2.45) is 0 Å². The first-order valence-corrected chi connectivity index (χ1v) is 7.78. The lowest BCUT2D eigenvalue weighted by molar-refractivity contribution is -0.116. The maximum atomic E-state index is 11.9. The van der Waals surface area contributed by atoms with Gasteiger partial charge in [0, 0.05) is 12.8 Å². The lowest BCUT2D eigenvalue weighted by Gasteiger charge is -2.04. The molecule has 0 bridgehead atoms. The van der Waals surface area contributed by atoms with E-state index in [4.69, 9.17) is 4.74 Å². The summed E-state index contributed by atoms with van der Waals surface area (Å²) in [6.07, 6.45) is 3.01. The maximum Gasteiger partial charge on any atom is 0.226 e. The van der Waals surface area contributed by atoms with Crippen molar-refractivity contribution >= 4 is 22.4 Å². The Morgan fingerprint density at radius 3 is 2.95 bits per heavy atom. The number of carbonyl (C=O) groups excluding carboxylic acids is 1. The van der Waals surface area contributed by atoms with E-state index in [1.54, 1.807) is 7.11 Å². The van der Waals surface area contributed by atoms with Gasteiger partial charge in [-0.05, 0) is 30.5 Å². The minimum Gasteiger partial charge on any atom is -0.497 e. The Hall–Kier alpha value is -1.95. The van der Waals surface area contributed by atoms with Gasteiger partial charge in [0.25, 0.3) is 0 Å². The van der Waals surface area contributed by atoms with E-state index in [-0.39, 0.29) is 5.91 Å². The van der Waals surface area contributed by atoms with Gasteiger partial charge in [-0.2, -0.15) is 0 Å². The largest absolute Gasteiger partial charge is 0.497 e. The normalized spacial score (nSPS) is 10.4. The highest BCUT2D eigenvalue weighted by molar-refractivity contribution is 7.15. The van der Waals surface area contributed by atoms with Crippen LogP contribution in [0.4, 0.5) is 5.13 Å². The molecule has 0 fully saturated rings. The third kappa shape index (κ3) is 4.82. The van der Waals surface area contributed by atoms with Gasteiger partial charge in [-0.25, -0.2) is 0 Å². The van der Waals surface area contributed by atoms with Crippen molar-refractivity contribution in [3.63, 3.8) is 0 Å². The van der Waals surface area contributed by atoms with Crippen molar-refractivity contribution in [3.05, 3.63) is 34.8 Å². The molecule has 0 atom stereocenters. The fourth-order valence-electron chi connectivity index (χ4n) is 1.89. The number of ether oxygens (including phenoxy) is 1. The molecule has 0 unspecified atom stereocenters. The fourth-order valence-corrected chi connectivity index (χ4v) is 2.74. The highest BCUT2D eigenvalue weighted by atomic mass is 32.1. The van der Waals surface area contributed by atoms with Crippen LogP contribution >= 0.6 is 11.3 Å². The van der Waals surface area contributed by atoms with Gasteiger partial charge in [-0.15, -0.1) is 10.2 Å². The number of methoxy groups -OCH3 is 1. The maximum absolute atomic E-state index is 11.9. The van der Waals surface area contributed by atoms with E-state index in [1.807, 2.05) is 24.3 Å².